The van der Waals surface area contributed by atoms with Gasteiger partial charge in [0.25, 0.3) is 0 Å². The fourth-order valence-corrected chi connectivity index (χ4v) is 2.16. The maximum atomic E-state index is 11.9. The van der Waals surface area contributed by atoms with Gasteiger partial charge in [0.05, 0.1) is 19.1 Å². The van der Waals surface area contributed by atoms with Crippen LogP contribution in [0.3, 0.4) is 0 Å². The Kier molecular flexibility index (Phi) is 2.83. The second-order valence-electron chi connectivity index (χ2n) is 4.13. The fraction of sp³-hybridized carbons (Fsp3) is 0.417. The van der Waals surface area contributed by atoms with E-state index in [1.54, 1.807) is 12.0 Å². The largest absolute Gasteiger partial charge is 0.399 e. The van der Waals surface area contributed by atoms with Crippen molar-refractivity contribution in [1.29, 1.82) is 0 Å². The summed E-state index contributed by atoms with van der Waals surface area (Å²) in [7, 11) is 1.64. The Balaban J connectivity index is 2.32. The van der Waals surface area contributed by atoms with E-state index in [2.05, 4.69) is 0 Å². The standard InChI is InChI=1S/C12H16N2O2/c1-8(7-16-2)14-11-4-3-10(13)5-9(11)6-12(14)15/h3-5,8H,6-7,13H2,1-2H3. The molecule has 0 fully saturated rings. The van der Waals surface area contributed by atoms with Crippen molar-refractivity contribution in [2.75, 3.05) is 24.4 Å². The third-order valence-corrected chi connectivity index (χ3v) is 2.82. The van der Waals surface area contributed by atoms with Crippen molar-refractivity contribution in [3.8, 4) is 0 Å². The number of carbonyl (C=O) groups excluding carboxylic acids is 1. The van der Waals surface area contributed by atoms with E-state index in [-0.39, 0.29) is 11.9 Å². The number of amides is 1. The molecule has 1 aromatic rings. The second-order valence-corrected chi connectivity index (χ2v) is 4.13. The van der Waals surface area contributed by atoms with Crippen molar-refractivity contribution in [3.63, 3.8) is 0 Å². The van der Waals surface area contributed by atoms with Crippen LogP contribution in [0.5, 0.6) is 0 Å². The van der Waals surface area contributed by atoms with E-state index in [0.717, 1.165) is 11.3 Å². The molecule has 1 unspecified atom stereocenters. The molecular formula is C12H16N2O2. The summed E-state index contributed by atoms with van der Waals surface area (Å²) >= 11 is 0. The lowest BCUT2D eigenvalue weighted by atomic mass is 10.1. The van der Waals surface area contributed by atoms with Gasteiger partial charge in [-0.05, 0) is 30.7 Å². The van der Waals surface area contributed by atoms with E-state index >= 15 is 0 Å². The number of methoxy groups -OCH3 is 1. The Morgan fingerprint density at radius 2 is 2.31 bits per heavy atom. The van der Waals surface area contributed by atoms with Crippen LogP contribution in [0.2, 0.25) is 0 Å². The number of benzene rings is 1. The second kappa shape index (κ2) is 4.14. The van der Waals surface area contributed by atoms with Crippen molar-refractivity contribution in [2.24, 2.45) is 0 Å². The molecule has 16 heavy (non-hydrogen) atoms. The van der Waals surface area contributed by atoms with Crippen LogP contribution in [0.15, 0.2) is 18.2 Å². The van der Waals surface area contributed by atoms with Gasteiger partial charge in [-0.25, -0.2) is 0 Å². The highest BCUT2D eigenvalue weighted by Crippen LogP contribution is 2.31. The number of nitrogen functional groups attached to an aromatic ring is 1. The van der Waals surface area contributed by atoms with E-state index in [9.17, 15) is 4.79 Å². The van der Waals surface area contributed by atoms with Gasteiger partial charge >= 0.3 is 0 Å². The third kappa shape index (κ3) is 1.76. The molecule has 1 amide bonds. The van der Waals surface area contributed by atoms with Gasteiger partial charge in [-0.1, -0.05) is 0 Å². The number of rotatable bonds is 3. The summed E-state index contributed by atoms with van der Waals surface area (Å²) in [5.41, 5.74) is 8.37. The SMILES string of the molecule is COCC(C)N1C(=O)Cc2cc(N)ccc21. The summed E-state index contributed by atoms with van der Waals surface area (Å²) in [5, 5.41) is 0. The van der Waals surface area contributed by atoms with E-state index in [1.165, 1.54) is 0 Å². The summed E-state index contributed by atoms with van der Waals surface area (Å²) in [5.74, 6) is 0.116. The minimum Gasteiger partial charge on any atom is -0.399 e. The Hall–Kier alpha value is -1.55. The van der Waals surface area contributed by atoms with Gasteiger partial charge in [-0.3, -0.25) is 4.79 Å². The van der Waals surface area contributed by atoms with Gasteiger partial charge < -0.3 is 15.4 Å². The molecule has 1 aliphatic rings. The van der Waals surface area contributed by atoms with Crippen LogP contribution in [0.25, 0.3) is 0 Å². The summed E-state index contributed by atoms with van der Waals surface area (Å²) in [4.78, 5) is 13.7. The normalized spacial score (nSPS) is 16.4. The molecule has 1 aliphatic heterocycles. The number of carbonyl (C=O) groups is 1. The van der Waals surface area contributed by atoms with Crippen molar-refractivity contribution < 1.29 is 9.53 Å². The minimum absolute atomic E-state index is 0.0578. The van der Waals surface area contributed by atoms with Crippen LogP contribution in [0.1, 0.15) is 12.5 Å². The molecule has 0 bridgehead atoms. The highest BCUT2D eigenvalue weighted by Gasteiger charge is 2.30. The van der Waals surface area contributed by atoms with Crippen molar-refractivity contribution >= 4 is 17.3 Å². The highest BCUT2D eigenvalue weighted by atomic mass is 16.5. The third-order valence-electron chi connectivity index (χ3n) is 2.82. The maximum absolute atomic E-state index is 11.9. The van der Waals surface area contributed by atoms with Crippen LogP contribution < -0.4 is 10.6 Å². The topological polar surface area (TPSA) is 55.6 Å². The molecule has 2 rings (SSSR count). The molecule has 1 aromatic carbocycles. The average molecular weight is 220 g/mol. The Morgan fingerprint density at radius 1 is 1.56 bits per heavy atom. The molecule has 0 saturated carbocycles. The summed E-state index contributed by atoms with van der Waals surface area (Å²) in [6.45, 7) is 2.52. The molecule has 0 aromatic heterocycles. The molecule has 1 atom stereocenters. The van der Waals surface area contributed by atoms with Crippen molar-refractivity contribution in [3.05, 3.63) is 23.8 Å². The first-order valence-electron chi connectivity index (χ1n) is 5.33. The van der Waals surface area contributed by atoms with E-state index < -0.39 is 0 Å². The first-order valence-corrected chi connectivity index (χ1v) is 5.33. The quantitative estimate of drug-likeness (QED) is 0.778. The zero-order valence-corrected chi connectivity index (χ0v) is 9.56. The molecule has 4 nitrogen and oxygen atoms in total. The van der Waals surface area contributed by atoms with Gasteiger partial charge in [-0.15, -0.1) is 0 Å². The van der Waals surface area contributed by atoms with Crippen LogP contribution in [-0.4, -0.2) is 25.7 Å². The lowest BCUT2D eigenvalue weighted by Gasteiger charge is -2.24. The van der Waals surface area contributed by atoms with Gasteiger partial charge in [0, 0.05) is 18.5 Å². The zero-order chi connectivity index (χ0) is 11.7. The first-order chi connectivity index (χ1) is 7.63. The molecular weight excluding hydrogens is 204 g/mol. The molecule has 0 radical (unpaired) electrons. The summed E-state index contributed by atoms with van der Waals surface area (Å²) < 4.78 is 5.08. The average Bonchev–Trinajstić information content (AvgIpc) is 2.53. The lowest BCUT2D eigenvalue weighted by Crippen LogP contribution is -2.38. The van der Waals surface area contributed by atoms with E-state index in [0.29, 0.717) is 18.7 Å². The van der Waals surface area contributed by atoms with Gasteiger partial charge in [0.15, 0.2) is 0 Å². The lowest BCUT2D eigenvalue weighted by molar-refractivity contribution is -0.118. The zero-order valence-electron chi connectivity index (χ0n) is 9.56. The predicted octanol–water partition coefficient (Wildman–Crippen LogP) is 1.19. The Morgan fingerprint density at radius 3 is 3.00 bits per heavy atom. The van der Waals surface area contributed by atoms with E-state index in [1.807, 2.05) is 25.1 Å². The summed E-state index contributed by atoms with van der Waals surface area (Å²) in [6.07, 6.45) is 0.439. The predicted molar refractivity (Wildman–Crippen MR) is 63.4 cm³/mol. The molecule has 2 N–H and O–H groups in total. The highest BCUT2D eigenvalue weighted by molar-refractivity contribution is 6.02. The first kappa shape index (κ1) is 11.0. The maximum Gasteiger partial charge on any atom is 0.231 e. The van der Waals surface area contributed by atoms with Gasteiger partial charge in [-0.2, -0.15) is 0 Å². The minimum atomic E-state index is 0.0578. The number of nitrogens with two attached hydrogens (primary N) is 1. The molecule has 0 spiro atoms. The Bertz CT molecular complexity index is 417. The molecule has 0 aliphatic carbocycles. The fourth-order valence-electron chi connectivity index (χ4n) is 2.16. The number of fused-ring (bicyclic) bond motifs is 1. The number of nitrogens with zero attached hydrogens (tertiary/aromatic N) is 1. The molecule has 1 heterocycles. The van der Waals surface area contributed by atoms with Gasteiger partial charge in [0.1, 0.15) is 0 Å². The van der Waals surface area contributed by atoms with E-state index in [4.69, 9.17) is 10.5 Å². The van der Waals surface area contributed by atoms with Crippen LogP contribution in [0, 0.1) is 0 Å². The van der Waals surface area contributed by atoms with Gasteiger partial charge in [0.2, 0.25) is 5.91 Å². The smallest absolute Gasteiger partial charge is 0.231 e. The van der Waals surface area contributed by atoms with Crippen molar-refractivity contribution in [1.82, 2.24) is 0 Å². The molecule has 4 heteroatoms. The molecule has 86 valence electrons. The van der Waals surface area contributed by atoms with Crippen LogP contribution >= 0.6 is 0 Å². The molecule has 0 saturated heterocycles. The number of ether oxygens (including phenoxy) is 1. The van der Waals surface area contributed by atoms with Crippen molar-refractivity contribution in [2.45, 2.75) is 19.4 Å². The summed E-state index contributed by atoms with van der Waals surface area (Å²) in [6, 6.07) is 5.65. The van der Waals surface area contributed by atoms with Crippen LogP contribution in [0.4, 0.5) is 11.4 Å². The number of hydrogen-bond donors (Lipinski definition) is 1. The monoisotopic (exact) mass is 220 g/mol. The number of anilines is 2. The van der Waals surface area contributed by atoms with Crippen LogP contribution in [-0.2, 0) is 16.0 Å². The Labute approximate surface area is 95.0 Å². The number of hydrogen-bond acceptors (Lipinski definition) is 3.